The Kier molecular flexibility index (Phi) is 7.54. The Balaban J connectivity index is 1.53. The van der Waals surface area contributed by atoms with Gasteiger partial charge in [-0.05, 0) is 107 Å². The monoisotopic (exact) mass is 538 g/mol. The van der Waals surface area contributed by atoms with Gasteiger partial charge in [0, 0.05) is 6.54 Å². The summed E-state index contributed by atoms with van der Waals surface area (Å²) in [6.07, 6.45) is 1.87. The molecule has 7 heteroatoms. The number of carbonyl (C=O) groups excluding carboxylic acids is 1. The Morgan fingerprint density at radius 2 is 1.85 bits per heavy atom. The molecule has 34 heavy (non-hydrogen) atoms. The van der Waals surface area contributed by atoms with E-state index < -0.39 is 0 Å². The van der Waals surface area contributed by atoms with Gasteiger partial charge in [-0.25, -0.2) is 9.38 Å². The van der Waals surface area contributed by atoms with Crippen LogP contribution in [0, 0.1) is 19.7 Å². The predicted molar refractivity (Wildman–Crippen MR) is 141 cm³/mol. The molecule has 0 saturated carbocycles. The quantitative estimate of drug-likeness (QED) is 0.307. The summed E-state index contributed by atoms with van der Waals surface area (Å²) < 4.78 is 19.7. The second kappa shape index (κ2) is 10.6. The first-order chi connectivity index (χ1) is 16.3. The number of benzene rings is 3. The van der Waals surface area contributed by atoms with Gasteiger partial charge in [-0.3, -0.25) is 9.69 Å². The van der Waals surface area contributed by atoms with Crippen LogP contribution in [0.2, 0.25) is 0 Å². The van der Waals surface area contributed by atoms with Crippen LogP contribution in [0.15, 0.2) is 75.0 Å². The Labute approximate surface area is 211 Å². The summed E-state index contributed by atoms with van der Waals surface area (Å²) in [4.78, 5) is 20.1. The highest BCUT2D eigenvalue weighted by Crippen LogP contribution is 2.36. The fraction of sp³-hybridized carbons (Fsp3) is 0.185. The number of thioether (sulfide) groups is 1. The number of aliphatic imine (C=N–C) groups is 1. The second-order valence-corrected chi connectivity index (χ2v) is 9.81. The summed E-state index contributed by atoms with van der Waals surface area (Å²) in [6, 6.07) is 18.0. The van der Waals surface area contributed by atoms with Gasteiger partial charge in [-0.2, -0.15) is 0 Å². The normalized spacial score (nSPS) is 16.0. The number of nitrogens with zero attached hydrogens (tertiary/aromatic N) is 2. The topological polar surface area (TPSA) is 41.9 Å². The number of ether oxygens (including phenoxy) is 1. The van der Waals surface area contributed by atoms with Crippen LogP contribution in [0.1, 0.15) is 29.2 Å². The van der Waals surface area contributed by atoms with Gasteiger partial charge < -0.3 is 4.74 Å². The van der Waals surface area contributed by atoms with E-state index in [1.807, 2.05) is 57.2 Å². The highest BCUT2D eigenvalue weighted by Gasteiger charge is 2.32. The number of amidine groups is 1. The lowest BCUT2D eigenvalue weighted by molar-refractivity contribution is -0.122. The standard InChI is InChI=1S/C27H24BrFN2O2S/c1-4-31-26(32)25(34-27(31)30-23-13-17(2)5-6-18(23)3)15-20-9-12-24(22(28)14-20)33-16-19-7-10-21(29)11-8-19/h5-15H,4,16H2,1-3H3/b25-15+,30-27?. The number of amides is 1. The Hall–Kier alpha value is -2.90. The average Bonchev–Trinajstić information content (AvgIpc) is 3.10. The zero-order valence-electron chi connectivity index (χ0n) is 19.1. The van der Waals surface area contributed by atoms with Gasteiger partial charge in [0.2, 0.25) is 0 Å². The zero-order chi connectivity index (χ0) is 24.2. The summed E-state index contributed by atoms with van der Waals surface area (Å²) in [5.74, 6) is 0.346. The van der Waals surface area contributed by atoms with Crippen molar-refractivity contribution >= 4 is 50.5 Å². The molecule has 3 aromatic rings. The Bertz CT molecular complexity index is 1290. The van der Waals surface area contributed by atoms with Gasteiger partial charge in [0.25, 0.3) is 5.91 Å². The van der Waals surface area contributed by atoms with Gasteiger partial charge >= 0.3 is 0 Å². The summed E-state index contributed by atoms with van der Waals surface area (Å²) in [6.45, 7) is 6.88. The molecule has 0 unspecified atom stereocenters. The minimum atomic E-state index is -0.273. The molecule has 1 fully saturated rings. The molecule has 0 aromatic heterocycles. The van der Waals surface area contributed by atoms with Crippen LogP contribution in [0.4, 0.5) is 10.1 Å². The number of likely N-dealkylation sites (N-methyl/N-ethyl adjacent to an activating group) is 1. The molecule has 1 amide bonds. The number of hydrogen-bond donors (Lipinski definition) is 0. The smallest absolute Gasteiger partial charge is 0.266 e. The molecule has 1 aliphatic rings. The summed E-state index contributed by atoms with van der Waals surface area (Å²) >= 11 is 4.94. The minimum absolute atomic E-state index is 0.0516. The van der Waals surface area contributed by atoms with E-state index in [0.29, 0.717) is 29.0 Å². The number of aryl methyl sites for hydroxylation is 2. The molecule has 0 aliphatic carbocycles. The maximum absolute atomic E-state index is 13.1. The molecule has 0 N–H and O–H groups in total. The van der Waals surface area contributed by atoms with E-state index in [1.54, 1.807) is 17.0 Å². The average molecular weight is 539 g/mol. The number of halogens is 2. The third kappa shape index (κ3) is 5.59. The highest BCUT2D eigenvalue weighted by atomic mass is 79.9. The van der Waals surface area contributed by atoms with Crippen molar-refractivity contribution < 1.29 is 13.9 Å². The van der Waals surface area contributed by atoms with Crippen LogP contribution < -0.4 is 4.74 Å². The van der Waals surface area contributed by atoms with E-state index in [4.69, 9.17) is 9.73 Å². The van der Waals surface area contributed by atoms with Crippen molar-refractivity contribution in [1.29, 1.82) is 0 Å². The maximum Gasteiger partial charge on any atom is 0.266 e. The summed E-state index contributed by atoms with van der Waals surface area (Å²) in [5, 5.41) is 0.686. The van der Waals surface area contributed by atoms with Gasteiger partial charge in [0.15, 0.2) is 5.17 Å². The summed E-state index contributed by atoms with van der Waals surface area (Å²) in [7, 11) is 0. The maximum atomic E-state index is 13.1. The van der Waals surface area contributed by atoms with Crippen molar-refractivity contribution in [3.8, 4) is 5.75 Å². The molecule has 1 heterocycles. The van der Waals surface area contributed by atoms with E-state index >= 15 is 0 Å². The van der Waals surface area contributed by atoms with Crippen LogP contribution in [-0.2, 0) is 11.4 Å². The zero-order valence-corrected chi connectivity index (χ0v) is 21.5. The van der Waals surface area contributed by atoms with Crippen molar-refractivity contribution in [3.05, 3.63) is 98.1 Å². The van der Waals surface area contributed by atoms with Crippen LogP contribution in [0.25, 0.3) is 6.08 Å². The SMILES string of the molecule is CCN1C(=O)/C(=C\c2ccc(OCc3ccc(F)cc3)c(Br)c2)SC1=Nc1cc(C)ccc1C. The Morgan fingerprint density at radius 3 is 2.56 bits per heavy atom. The highest BCUT2D eigenvalue weighted by molar-refractivity contribution is 9.10. The molecule has 174 valence electrons. The molecule has 0 spiro atoms. The predicted octanol–water partition coefficient (Wildman–Crippen LogP) is 7.41. The van der Waals surface area contributed by atoms with Gasteiger partial charge in [0.05, 0.1) is 15.1 Å². The first-order valence-corrected chi connectivity index (χ1v) is 12.5. The van der Waals surface area contributed by atoms with Crippen molar-refractivity contribution in [2.45, 2.75) is 27.4 Å². The van der Waals surface area contributed by atoms with Crippen molar-refractivity contribution in [2.75, 3.05) is 6.54 Å². The molecule has 3 aromatic carbocycles. The first-order valence-electron chi connectivity index (χ1n) is 10.9. The minimum Gasteiger partial charge on any atom is -0.488 e. The van der Waals surface area contributed by atoms with Crippen molar-refractivity contribution in [1.82, 2.24) is 4.90 Å². The molecule has 0 radical (unpaired) electrons. The van der Waals surface area contributed by atoms with Crippen LogP contribution in [-0.4, -0.2) is 22.5 Å². The largest absolute Gasteiger partial charge is 0.488 e. The van der Waals surface area contributed by atoms with E-state index in [1.165, 1.54) is 23.9 Å². The van der Waals surface area contributed by atoms with Crippen LogP contribution in [0.5, 0.6) is 5.75 Å². The van der Waals surface area contributed by atoms with E-state index in [0.717, 1.165) is 32.4 Å². The molecule has 4 rings (SSSR count). The summed E-state index contributed by atoms with van der Waals surface area (Å²) in [5.41, 5.74) is 4.83. The number of hydrogen-bond acceptors (Lipinski definition) is 4. The first kappa shape index (κ1) is 24.2. The van der Waals surface area contributed by atoms with Crippen LogP contribution >= 0.6 is 27.7 Å². The van der Waals surface area contributed by atoms with E-state index in [2.05, 4.69) is 22.0 Å². The lowest BCUT2D eigenvalue weighted by Crippen LogP contribution is -2.28. The molecule has 0 atom stereocenters. The van der Waals surface area contributed by atoms with E-state index in [9.17, 15) is 9.18 Å². The number of carbonyl (C=O) groups is 1. The van der Waals surface area contributed by atoms with Gasteiger partial charge in [-0.15, -0.1) is 0 Å². The lowest BCUT2D eigenvalue weighted by atomic mass is 10.1. The second-order valence-electron chi connectivity index (χ2n) is 7.95. The fourth-order valence-corrected chi connectivity index (χ4v) is 5.00. The molecule has 0 bridgehead atoms. The molecular weight excluding hydrogens is 515 g/mol. The van der Waals surface area contributed by atoms with Crippen molar-refractivity contribution in [3.63, 3.8) is 0 Å². The molecule has 1 saturated heterocycles. The van der Waals surface area contributed by atoms with Crippen molar-refractivity contribution in [2.24, 2.45) is 4.99 Å². The third-order valence-electron chi connectivity index (χ3n) is 5.35. The number of rotatable bonds is 6. The molecule has 4 nitrogen and oxygen atoms in total. The molecule has 1 aliphatic heterocycles. The molecular formula is C27H24BrFN2O2S. The van der Waals surface area contributed by atoms with Gasteiger partial charge in [0.1, 0.15) is 18.2 Å². The third-order valence-corrected chi connectivity index (χ3v) is 6.97. The fourth-order valence-electron chi connectivity index (χ4n) is 3.43. The Morgan fingerprint density at radius 1 is 1.09 bits per heavy atom. The lowest BCUT2D eigenvalue weighted by Gasteiger charge is -2.12. The van der Waals surface area contributed by atoms with Crippen LogP contribution in [0.3, 0.4) is 0 Å². The van der Waals surface area contributed by atoms with E-state index in [-0.39, 0.29) is 11.7 Å². The van der Waals surface area contributed by atoms with Gasteiger partial charge in [-0.1, -0.05) is 30.3 Å².